The molecule has 0 aromatic carbocycles. The molecule has 3 N–H and O–H groups in total. The van der Waals surface area contributed by atoms with E-state index in [1.165, 1.54) is 0 Å². The summed E-state index contributed by atoms with van der Waals surface area (Å²) in [6.45, 7) is 1.49. The summed E-state index contributed by atoms with van der Waals surface area (Å²) in [6.07, 6.45) is 6.78. The van der Waals surface area contributed by atoms with E-state index in [0.717, 1.165) is 32.4 Å². The van der Waals surface area contributed by atoms with Crippen LogP contribution in [0.1, 0.15) is 25.7 Å². The van der Waals surface area contributed by atoms with Gasteiger partial charge in [-0.05, 0) is 25.7 Å². The fourth-order valence-electron chi connectivity index (χ4n) is 2.62. The number of amides is 3. The molecule has 1 saturated heterocycles. The first-order valence-corrected chi connectivity index (χ1v) is 7.29. The molecule has 116 valence electrons. The van der Waals surface area contributed by atoms with Crippen LogP contribution in [0, 0.1) is 5.92 Å². The summed E-state index contributed by atoms with van der Waals surface area (Å²) >= 11 is 0. The third kappa shape index (κ3) is 4.47. The molecule has 0 aromatic rings. The van der Waals surface area contributed by atoms with Crippen molar-refractivity contribution in [3.05, 3.63) is 12.2 Å². The number of carboxylic acids is 1. The summed E-state index contributed by atoms with van der Waals surface area (Å²) < 4.78 is 0. The molecule has 7 nitrogen and oxygen atoms in total. The lowest BCUT2D eigenvalue weighted by Gasteiger charge is -2.26. The number of hydrogen-bond acceptors (Lipinski definition) is 3. The number of carbonyl (C=O) groups excluding carboxylic acids is 2. The van der Waals surface area contributed by atoms with Gasteiger partial charge < -0.3 is 20.6 Å². The minimum absolute atomic E-state index is 0.0232. The SMILES string of the molecule is O=C(NCC(=O)N1CCCCC1)NC1C=CC(C(=O)O)C1. The first-order chi connectivity index (χ1) is 10.1. The van der Waals surface area contributed by atoms with E-state index < -0.39 is 17.9 Å². The summed E-state index contributed by atoms with van der Waals surface area (Å²) in [4.78, 5) is 36.1. The van der Waals surface area contributed by atoms with E-state index in [4.69, 9.17) is 5.11 Å². The normalized spacial score (nSPS) is 24.7. The minimum Gasteiger partial charge on any atom is -0.481 e. The quantitative estimate of drug-likeness (QED) is 0.651. The Bertz CT molecular complexity index is 444. The molecule has 0 aromatic heterocycles. The van der Waals surface area contributed by atoms with Crippen LogP contribution in [-0.4, -0.2) is 53.6 Å². The second kappa shape index (κ2) is 7.10. The van der Waals surface area contributed by atoms with Crippen LogP contribution in [-0.2, 0) is 9.59 Å². The molecule has 1 fully saturated rings. The first kappa shape index (κ1) is 15.3. The monoisotopic (exact) mass is 295 g/mol. The van der Waals surface area contributed by atoms with Gasteiger partial charge in [0.15, 0.2) is 0 Å². The molecule has 1 aliphatic carbocycles. The van der Waals surface area contributed by atoms with Crippen molar-refractivity contribution < 1.29 is 19.5 Å². The van der Waals surface area contributed by atoms with Crippen LogP contribution in [0.25, 0.3) is 0 Å². The fourth-order valence-corrected chi connectivity index (χ4v) is 2.62. The van der Waals surface area contributed by atoms with Crippen molar-refractivity contribution >= 4 is 17.9 Å². The molecule has 2 aliphatic rings. The maximum atomic E-state index is 11.9. The van der Waals surface area contributed by atoms with Gasteiger partial charge in [-0.1, -0.05) is 12.2 Å². The van der Waals surface area contributed by atoms with Crippen molar-refractivity contribution in [3.63, 3.8) is 0 Å². The highest BCUT2D eigenvalue weighted by Crippen LogP contribution is 2.17. The molecular weight excluding hydrogens is 274 g/mol. The maximum Gasteiger partial charge on any atom is 0.315 e. The Morgan fingerprint density at radius 2 is 1.86 bits per heavy atom. The highest BCUT2D eigenvalue weighted by molar-refractivity contribution is 5.84. The number of hydrogen-bond donors (Lipinski definition) is 3. The number of likely N-dealkylation sites (tertiary alicyclic amines) is 1. The maximum absolute atomic E-state index is 11.9. The third-order valence-electron chi connectivity index (χ3n) is 3.83. The minimum atomic E-state index is -0.892. The molecule has 2 unspecified atom stereocenters. The van der Waals surface area contributed by atoms with Gasteiger partial charge in [0.1, 0.15) is 0 Å². The van der Waals surface area contributed by atoms with E-state index in [-0.39, 0.29) is 18.5 Å². The number of aliphatic carboxylic acids is 1. The fraction of sp³-hybridized carbons (Fsp3) is 0.643. The average Bonchev–Trinajstić information content (AvgIpc) is 2.94. The van der Waals surface area contributed by atoms with Crippen LogP contribution in [0.2, 0.25) is 0 Å². The zero-order valence-electron chi connectivity index (χ0n) is 11.9. The number of nitrogens with one attached hydrogen (secondary N) is 2. The summed E-state index contributed by atoms with van der Waals surface area (Å²) in [7, 11) is 0. The van der Waals surface area contributed by atoms with E-state index in [0.29, 0.717) is 6.42 Å². The Balaban J connectivity index is 1.67. The largest absolute Gasteiger partial charge is 0.481 e. The van der Waals surface area contributed by atoms with E-state index in [2.05, 4.69) is 10.6 Å². The van der Waals surface area contributed by atoms with Crippen LogP contribution in [0.4, 0.5) is 4.79 Å². The molecular formula is C14H21N3O4. The number of carbonyl (C=O) groups is 3. The number of rotatable bonds is 4. The lowest BCUT2D eigenvalue weighted by Crippen LogP contribution is -2.47. The molecule has 0 radical (unpaired) electrons. The summed E-state index contributed by atoms with van der Waals surface area (Å²) in [5.41, 5.74) is 0. The first-order valence-electron chi connectivity index (χ1n) is 7.29. The lowest BCUT2D eigenvalue weighted by atomic mass is 10.1. The highest BCUT2D eigenvalue weighted by atomic mass is 16.4. The van der Waals surface area contributed by atoms with Crippen molar-refractivity contribution in [1.82, 2.24) is 15.5 Å². The molecule has 2 atom stereocenters. The van der Waals surface area contributed by atoms with Gasteiger partial charge in [0.05, 0.1) is 18.5 Å². The molecule has 1 aliphatic heterocycles. The molecule has 1 heterocycles. The van der Waals surface area contributed by atoms with E-state index in [1.54, 1.807) is 17.1 Å². The van der Waals surface area contributed by atoms with Gasteiger partial charge in [-0.3, -0.25) is 9.59 Å². The van der Waals surface area contributed by atoms with Gasteiger partial charge >= 0.3 is 12.0 Å². The van der Waals surface area contributed by atoms with E-state index in [1.807, 2.05) is 0 Å². The van der Waals surface area contributed by atoms with E-state index in [9.17, 15) is 14.4 Å². The topological polar surface area (TPSA) is 98.7 Å². The molecule has 0 bridgehead atoms. The Labute approximate surface area is 123 Å². The van der Waals surface area contributed by atoms with Crippen LogP contribution in [0.15, 0.2) is 12.2 Å². The Morgan fingerprint density at radius 1 is 1.14 bits per heavy atom. The molecule has 21 heavy (non-hydrogen) atoms. The van der Waals surface area contributed by atoms with Crippen LogP contribution >= 0.6 is 0 Å². The van der Waals surface area contributed by atoms with Gasteiger partial charge in [0, 0.05) is 13.1 Å². The second-order valence-electron chi connectivity index (χ2n) is 5.44. The Kier molecular flexibility index (Phi) is 5.19. The lowest BCUT2D eigenvalue weighted by molar-refractivity contribution is -0.140. The highest BCUT2D eigenvalue weighted by Gasteiger charge is 2.25. The smallest absolute Gasteiger partial charge is 0.315 e. The summed E-state index contributed by atoms with van der Waals surface area (Å²) in [5, 5.41) is 14.0. The van der Waals surface area contributed by atoms with Gasteiger partial charge in [0.2, 0.25) is 5.91 Å². The molecule has 2 rings (SSSR count). The van der Waals surface area contributed by atoms with Gasteiger partial charge in [-0.2, -0.15) is 0 Å². The van der Waals surface area contributed by atoms with Gasteiger partial charge in [0.25, 0.3) is 0 Å². The standard InChI is InChI=1S/C14H21N3O4/c18-12(17-6-2-1-3-7-17)9-15-14(21)16-11-5-4-10(8-11)13(19)20/h4-5,10-11H,1-3,6-9H2,(H,19,20)(H2,15,16,21). The van der Waals surface area contributed by atoms with Crippen molar-refractivity contribution in [1.29, 1.82) is 0 Å². The second-order valence-corrected chi connectivity index (χ2v) is 5.44. The van der Waals surface area contributed by atoms with Gasteiger partial charge in [-0.25, -0.2) is 4.79 Å². The number of piperidine rings is 1. The van der Waals surface area contributed by atoms with Gasteiger partial charge in [-0.15, -0.1) is 0 Å². The zero-order chi connectivity index (χ0) is 15.2. The average molecular weight is 295 g/mol. The van der Waals surface area contributed by atoms with Crippen molar-refractivity contribution in [3.8, 4) is 0 Å². The van der Waals surface area contributed by atoms with Crippen LogP contribution in [0.3, 0.4) is 0 Å². The molecule has 0 spiro atoms. The molecule has 0 saturated carbocycles. The summed E-state index contributed by atoms with van der Waals surface area (Å²) in [6, 6.07) is -0.739. The predicted octanol–water partition coefficient (Wildman–Crippen LogP) is 0.327. The Hall–Kier alpha value is -2.05. The number of carboxylic acid groups (broad SMARTS) is 1. The zero-order valence-corrected chi connectivity index (χ0v) is 11.9. The van der Waals surface area contributed by atoms with Crippen LogP contribution < -0.4 is 10.6 Å². The van der Waals surface area contributed by atoms with Crippen molar-refractivity contribution in [2.24, 2.45) is 5.92 Å². The number of urea groups is 1. The van der Waals surface area contributed by atoms with Crippen molar-refractivity contribution in [2.75, 3.05) is 19.6 Å². The predicted molar refractivity (Wildman–Crippen MR) is 75.6 cm³/mol. The van der Waals surface area contributed by atoms with Crippen LogP contribution in [0.5, 0.6) is 0 Å². The van der Waals surface area contributed by atoms with Crippen molar-refractivity contribution in [2.45, 2.75) is 31.7 Å². The number of nitrogens with zero attached hydrogens (tertiary/aromatic N) is 1. The molecule has 3 amide bonds. The Morgan fingerprint density at radius 3 is 2.48 bits per heavy atom. The van der Waals surface area contributed by atoms with E-state index >= 15 is 0 Å². The summed E-state index contributed by atoms with van der Waals surface area (Å²) in [5.74, 6) is -1.52. The third-order valence-corrected chi connectivity index (χ3v) is 3.83. The molecule has 7 heteroatoms.